The molecule has 1 rings (SSSR count). The van der Waals surface area contributed by atoms with Gasteiger partial charge in [-0.15, -0.1) is 0 Å². The van der Waals surface area contributed by atoms with Crippen LogP contribution in [0.2, 0.25) is 0 Å². The fourth-order valence-corrected chi connectivity index (χ4v) is 1.06. The summed E-state index contributed by atoms with van der Waals surface area (Å²) in [5, 5.41) is 0. The van der Waals surface area contributed by atoms with Crippen LogP contribution < -0.4 is 29.6 Å². The van der Waals surface area contributed by atoms with E-state index in [1.54, 1.807) is 0 Å². The molecule has 0 aliphatic carbocycles. The largest absolute Gasteiger partial charge is 1.00 e. The van der Waals surface area contributed by atoms with Gasteiger partial charge in [0.25, 0.3) is 0 Å². The van der Waals surface area contributed by atoms with Crippen molar-refractivity contribution in [1.29, 1.82) is 0 Å². The Morgan fingerprint density at radius 2 is 1.85 bits per heavy atom. The molecule has 0 atom stereocenters. The zero-order chi connectivity index (χ0) is 8.10. The van der Waals surface area contributed by atoms with Gasteiger partial charge in [-0.2, -0.15) is 0 Å². The van der Waals surface area contributed by atoms with E-state index in [2.05, 4.69) is 0 Å². The van der Waals surface area contributed by atoms with E-state index in [1.807, 2.05) is 30.3 Å². The number of rotatable bonds is 2. The van der Waals surface area contributed by atoms with Crippen LogP contribution in [0.3, 0.4) is 0 Å². The second kappa shape index (κ2) is 8.59. The van der Waals surface area contributed by atoms with Crippen molar-refractivity contribution < 1.29 is 44.0 Å². The number of benzene rings is 1. The van der Waals surface area contributed by atoms with Gasteiger partial charge in [-0.1, -0.05) is 18.2 Å². The van der Waals surface area contributed by atoms with Crippen molar-refractivity contribution >= 4 is 18.0 Å². The maximum atomic E-state index is 10.4. The molecule has 0 saturated carbocycles. The van der Waals surface area contributed by atoms with Crippen LogP contribution in [0.5, 0.6) is 0 Å². The molecule has 66 valence electrons. The molecule has 5 heteroatoms. The summed E-state index contributed by atoms with van der Waals surface area (Å²) in [5.74, 6) is -0.279. The molecule has 1 aromatic rings. The van der Waals surface area contributed by atoms with Crippen LogP contribution in [0.15, 0.2) is 35.2 Å². The van der Waals surface area contributed by atoms with E-state index in [-0.39, 0.29) is 41.0 Å². The molecule has 0 saturated heterocycles. The standard InChI is InChI=1S/C8H8O2S.Na.H2O/c1-7(9)10-11-8-5-3-2-4-6-8;;/h2-6H,1H3;;1H2/q;+1;/p-1. The molecule has 1 aromatic carbocycles. The minimum absolute atomic E-state index is 0. The van der Waals surface area contributed by atoms with Gasteiger partial charge >= 0.3 is 35.5 Å². The van der Waals surface area contributed by atoms with Gasteiger partial charge in [-0.3, -0.25) is 4.79 Å². The van der Waals surface area contributed by atoms with E-state index in [0.717, 1.165) is 16.9 Å². The Balaban J connectivity index is 0. The topological polar surface area (TPSA) is 56.3 Å². The third-order valence-electron chi connectivity index (χ3n) is 0.998. The summed E-state index contributed by atoms with van der Waals surface area (Å²) in [6.07, 6.45) is 0. The summed E-state index contributed by atoms with van der Waals surface area (Å²) in [6, 6.07) is 9.47. The fraction of sp³-hybridized carbons (Fsp3) is 0.125. The minimum atomic E-state index is -0.279. The van der Waals surface area contributed by atoms with Crippen LogP contribution in [0.1, 0.15) is 6.92 Å². The monoisotopic (exact) mass is 208 g/mol. The zero-order valence-electron chi connectivity index (χ0n) is 7.56. The molecule has 13 heavy (non-hydrogen) atoms. The van der Waals surface area contributed by atoms with Crippen molar-refractivity contribution in [2.75, 3.05) is 0 Å². The maximum Gasteiger partial charge on any atom is 1.00 e. The SMILES string of the molecule is CC(=O)OSc1ccccc1.[Na+].[OH-]. The van der Waals surface area contributed by atoms with Gasteiger partial charge in [0.2, 0.25) is 0 Å². The second-order valence-electron chi connectivity index (χ2n) is 1.97. The fourth-order valence-electron chi connectivity index (χ4n) is 0.583. The summed E-state index contributed by atoms with van der Waals surface area (Å²) in [6.45, 7) is 1.38. The Kier molecular flexibility index (Phi) is 10.2. The third-order valence-corrected chi connectivity index (χ3v) is 1.78. The van der Waals surface area contributed by atoms with Gasteiger partial charge in [-0.25, -0.2) is 0 Å². The van der Waals surface area contributed by atoms with E-state index in [9.17, 15) is 4.79 Å². The summed E-state index contributed by atoms with van der Waals surface area (Å²) >= 11 is 1.08. The van der Waals surface area contributed by atoms with Crippen molar-refractivity contribution in [3.05, 3.63) is 30.3 Å². The quantitative estimate of drug-likeness (QED) is 0.466. The molecule has 0 bridgehead atoms. The molecule has 1 N–H and O–H groups in total. The number of carbonyl (C=O) groups is 1. The smallest absolute Gasteiger partial charge is 0.870 e. The first-order chi connectivity index (χ1) is 5.29. The van der Waals surface area contributed by atoms with E-state index in [0.29, 0.717) is 0 Å². The van der Waals surface area contributed by atoms with Crippen molar-refractivity contribution in [1.82, 2.24) is 0 Å². The van der Waals surface area contributed by atoms with Crippen LogP contribution in [-0.4, -0.2) is 11.4 Å². The predicted octanol–water partition coefficient (Wildman–Crippen LogP) is -0.916. The van der Waals surface area contributed by atoms with Crippen LogP contribution in [-0.2, 0) is 8.98 Å². The Morgan fingerprint density at radius 3 is 2.31 bits per heavy atom. The Hall–Kier alpha value is -0.0000000000000000763. The molecule has 0 aliphatic rings. The molecule has 0 aromatic heterocycles. The number of carbonyl (C=O) groups excluding carboxylic acids is 1. The molecule has 0 unspecified atom stereocenters. The summed E-state index contributed by atoms with van der Waals surface area (Å²) in [5.41, 5.74) is 0. The zero-order valence-corrected chi connectivity index (χ0v) is 10.4. The van der Waals surface area contributed by atoms with E-state index < -0.39 is 0 Å². The first-order valence-corrected chi connectivity index (χ1v) is 3.93. The molecule has 0 fully saturated rings. The van der Waals surface area contributed by atoms with Gasteiger partial charge in [-0.05, 0) is 12.1 Å². The minimum Gasteiger partial charge on any atom is -0.870 e. The third kappa shape index (κ3) is 7.10. The molecular formula is C8H9NaO3S. The average molecular weight is 208 g/mol. The molecule has 3 nitrogen and oxygen atoms in total. The predicted molar refractivity (Wildman–Crippen MR) is 46.0 cm³/mol. The van der Waals surface area contributed by atoms with E-state index in [1.165, 1.54) is 6.92 Å². The second-order valence-corrected chi connectivity index (χ2v) is 2.78. The van der Waals surface area contributed by atoms with Gasteiger partial charge < -0.3 is 9.66 Å². The molecule has 0 amide bonds. The normalized spacial score (nSPS) is 7.77. The van der Waals surface area contributed by atoms with Crippen LogP contribution >= 0.6 is 12.0 Å². The molecule has 0 heterocycles. The van der Waals surface area contributed by atoms with Gasteiger partial charge in [0.15, 0.2) is 0 Å². The van der Waals surface area contributed by atoms with Crippen LogP contribution in [0.4, 0.5) is 0 Å². The van der Waals surface area contributed by atoms with Crippen molar-refractivity contribution in [2.24, 2.45) is 0 Å². The Bertz CT molecular complexity index is 240. The molecule has 0 aliphatic heterocycles. The van der Waals surface area contributed by atoms with Gasteiger partial charge in [0.1, 0.15) is 0 Å². The van der Waals surface area contributed by atoms with Gasteiger partial charge in [0, 0.05) is 11.8 Å². The van der Waals surface area contributed by atoms with Gasteiger partial charge in [0.05, 0.1) is 12.0 Å². The van der Waals surface area contributed by atoms with E-state index in [4.69, 9.17) is 4.18 Å². The molecule has 0 radical (unpaired) electrons. The summed E-state index contributed by atoms with van der Waals surface area (Å²) < 4.78 is 4.71. The first-order valence-electron chi connectivity index (χ1n) is 3.19. The molecular weight excluding hydrogens is 199 g/mol. The van der Waals surface area contributed by atoms with Crippen LogP contribution in [0.25, 0.3) is 0 Å². The summed E-state index contributed by atoms with van der Waals surface area (Å²) in [4.78, 5) is 11.3. The Labute approximate surface area is 104 Å². The maximum absolute atomic E-state index is 10.4. The van der Waals surface area contributed by atoms with Crippen molar-refractivity contribution in [3.8, 4) is 0 Å². The number of hydrogen-bond acceptors (Lipinski definition) is 4. The molecule has 0 spiro atoms. The average Bonchev–Trinajstić information content (AvgIpc) is 2.03. The first kappa shape index (κ1) is 15.5. The van der Waals surface area contributed by atoms with E-state index >= 15 is 0 Å². The Morgan fingerprint density at radius 1 is 1.31 bits per heavy atom. The van der Waals surface area contributed by atoms with Crippen LogP contribution in [0, 0.1) is 0 Å². The number of hydrogen-bond donors (Lipinski definition) is 0. The summed E-state index contributed by atoms with van der Waals surface area (Å²) in [7, 11) is 0. The van der Waals surface area contributed by atoms with Crippen molar-refractivity contribution in [2.45, 2.75) is 11.8 Å². The van der Waals surface area contributed by atoms with Crippen molar-refractivity contribution in [3.63, 3.8) is 0 Å².